The molecule has 3 aromatic rings. The van der Waals surface area contributed by atoms with Gasteiger partial charge in [0.1, 0.15) is 23.1 Å². The van der Waals surface area contributed by atoms with Crippen LogP contribution in [0.4, 0.5) is 10.1 Å². The smallest absolute Gasteiger partial charge is 0.266 e. The summed E-state index contributed by atoms with van der Waals surface area (Å²) in [6.07, 6.45) is 1.67. The highest BCUT2D eigenvalue weighted by Crippen LogP contribution is 2.35. The normalized spacial score (nSPS) is 16.3. The highest BCUT2D eigenvalue weighted by Gasteiger charge is 2.33. The lowest BCUT2D eigenvalue weighted by molar-refractivity contribution is -0.122. The molecular formula is C24H21FN2O4S. The summed E-state index contributed by atoms with van der Waals surface area (Å²) in [6.45, 7) is 0.757. The molecule has 0 saturated carbocycles. The van der Waals surface area contributed by atoms with Crippen LogP contribution in [0.2, 0.25) is 0 Å². The quantitative estimate of drug-likeness (QED) is 0.453. The molecule has 0 spiro atoms. The van der Waals surface area contributed by atoms with Crippen molar-refractivity contribution in [1.29, 1.82) is 0 Å². The third-order valence-electron chi connectivity index (χ3n) is 4.71. The Morgan fingerprint density at radius 3 is 2.66 bits per heavy atom. The van der Waals surface area contributed by atoms with E-state index in [1.807, 2.05) is 24.3 Å². The Morgan fingerprint density at radius 2 is 1.94 bits per heavy atom. The van der Waals surface area contributed by atoms with Gasteiger partial charge in [-0.25, -0.2) is 9.38 Å². The van der Waals surface area contributed by atoms with Gasteiger partial charge in [0.25, 0.3) is 5.91 Å². The van der Waals surface area contributed by atoms with E-state index in [0.717, 1.165) is 5.75 Å². The van der Waals surface area contributed by atoms with E-state index >= 15 is 0 Å². The molecule has 164 valence electrons. The Kier molecular flexibility index (Phi) is 6.72. The van der Waals surface area contributed by atoms with Crippen molar-refractivity contribution in [3.63, 3.8) is 0 Å². The minimum absolute atomic E-state index is 0.178. The molecule has 2 heterocycles. The van der Waals surface area contributed by atoms with Crippen LogP contribution >= 0.6 is 11.8 Å². The van der Waals surface area contributed by atoms with E-state index in [9.17, 15) is 9.18 Å². The molecule has 1 fully saturated rings. The number of carbonyl (C=O) groups is 1. The number of furan rings is 1. The van der Waals surface area contributed by atoms with E-state index in [1.165, 1.54) is 23.9 Å². The standard InChI is InChI=1S/C24H21FN2O4S/c1-29-13-12-27-23(28)22(32-24(27)26-18-6-8-19(30-2)9-7-18)15-20-10-11-21(31-20)16-4-3-5-17(25)14-16/h3-11,14-15H,12-13H2,1-2H3/b22-15-,26-24?. The maximum absolute atomic E-state index is 13.5. The summed E-state index contributed by atoms with van der Waals surface area (Å²) in [5, 5.41) is 0.556. The molecule has 4 rings (SSSR count). The number of thioether (sulfide) groups is 1. The van der Waals surface area contributed by atoms with Crippen LogP contribution in [0.5, 0.6) is 5.75 Å². The molecule has 1 aliphatic rings. The van der Waals surface area contributed by atoms with Crippen LogP contribution in [-0.4, -0.2) is 43.3 Å². The summed E-state index contributed by atoms with van der Waals surface area (Å²) in [5.74, 6) is 1.23. The SMILES string of the molecule is COCCN1C(=O)/C(=C/c2ccc(-c3cccc(F)c3)o2)SC1=Nc1ccc(OC)cc1. The summed E-state index contributed by atoms with van der Waals surface area (Å²) in [4.78, 5) is 19.7. The van der Waals surface area contributed by atoms with E-state index in [0.29, 0.717) is 46.0 Å². The molecule has 0 radical (unpaired) electrons. The van der Waals surface area contributed by atoms with Crippen molar-refractivity contribution in [2.75, 3.05) is 27.4 Å². The second-order valence-electron chi connectivity index (χ2n) is 6.87. The number of aliphatic imine (C=N–C) groups is 1. The van der Waals surface area contributed by atoms with E-state index in [4.69, 9.17) is 13.9 Å². The first kappa shape index (κ1) is 21.9. The molecule has 2 aromatic carbocycles. The number of benzene rings is 2. The molecule has 0 aliphatic carbocycles. The van der Waals surface area contributed by atoms with Crippen LogP contribution in [-0.2, 0) is 9.53 Å². The Labute approximate surface area is 189 Å². The van der Waals surface area contributed by atoms with Gasteiger partial charge >= 0.3 is 0 Å². The predicted molar refractivity (Wildman–Crippen MR) is 123 cm³/mol. The number of halogens is 1. The zero-order valence-electron chi connectivity index (χ0n) is 17.6. The van der Waals surface area contributed by atoms with Crippen molar-refractivity contribution >= 4 is 34.6 Å². The van der Waals surface area contributed by atoms with E-state index < -0.39 is 0 Å². The Balaban J connectivity index is 1.61. The van der Waals surface area contributed by atoms with Crippen molar-refractivity contribution in [2.45, 2.75) is 0 Å². The Morgan fingerprint density at radius 1 is 1.12 bits per heavy atom. The van der Waals surface area contributed by atoms with E-state index in [2.05, 4.69) is 4.99 Å². The molecule has 0 bridgehead atoms. The number of ether oxygens (including phenoxy) is 2. The predicted octanol–water partition coefficient (Wildman–Crippen LogP) is 5.34. The van der Waals surface area contributed by atoms with Gasteiger partial charge in [-0.3, -0.25) is 9.69 Å². The van der Waals surface area contributed by atoms with Gasteiger partial charge in [-0.1, -0.05) is 12.1 Å². The molecule has 0 atom stereocenters. The van der Waals surface area contributed by atoms with Gasteiger partial charge in [-0.15, -0.1) is 0 Å². The minimum Gasteiger partial charge on any atom is -0.497 e. The lowest BCUT2D eigenvalue weighted by Gasteiger charge is -2.14. The van der Waals surface area contributed by atoms with E-state index in [1.54, 1.807) is 49.5 Å². The zero-order valence-corrected chi connectivity index (χ0v) is 18.4. The number of nitrogens with zero attached hydrogens (tertiary/aromatic N) is 2. The first-order valence-corrected chi connectivity index (χ1v) is 10.7. The minimum atomic E-state index is -0.339. The number of rotatable bonds is 7. The number of amides is 1. The fourth-order valence-corrected chi connectivity index (χ4v) is 4.10. The monoisotopic (exact) mass is 452 g/mol. The van der Waals surface area contributed by atoms with Crippen LogP contribution in [0.25, 0.3) is 17.4 Å². The summed E-state index contributed by atoms with van der Waals surface area (Å²) in [6, 6.07) is 16.9. The third kappa shape index (κ3) is 4.92. The van der Waals surface area contributed by atoms with Crippen molar-refractivity contribution in [1.82, 2.24) is 4.90 Å². The van der Waals surface area contributed by atoms with Crippen molar-refractivity contribution < 1.29 is 23.1 Å². The molecule has 8 heteroatoms. The van der Waals surface area contributed by atoms with Gasteiger partial charge < -0.3 is 13.9 Å². The van der Waals surface area contributed by atoms with Gasteiger partial charge in [0.05, 0.1) is 30.9 Å². The average Bonchev–Trinajstić information content (AvgIpc) is 3.38. The van der Waals surface area contributed by atoms with Gasteiger partial charge in [0.2, 0.25) is 0 Å². The maximum Gasteiger partial charge on any atom is 0.266 e. The highest BCUT2D eigenvalue weighted by atomic mass is 32.2. The summed E-state index contributed by atoms with van der Waals surface area (Å²) in [5.41, 5.74) is 1.33. The summed E-state index contributed by atoms with van der Waals surface area (Å²) < 4.78 is 29.7. The lowest BCUT2D eigenvalue weighted by atomic mass is 10.2. The fourth-order valence-electron chi connectivity index (χ4n) is 3.09. The summed E-state index contributed by atoms with van der Waals surface area (Å²) >= 11 is 1.27. The molecule has 1 amide bonds. The topological polar surface area (TPSA) is 64.3 Å². The summed E-state index contributed by atoms with van der Waals surface area (Å²) in [7, 11) is 3.19. The van der Waals surface area contributed by atoms with Crippen molar-refractivity contribution in [3.8, 4) is 17.1 Å². The first-order chi connectivity index (χ1) is 15.6. The number of methoxy groups -OCH3 is 2. The molecule has 32 heavy (non-hydrogen) atoms. The number of hydrogen-bond donors (Lipinski definition) is 0. The molecule has 0 N–H and O–H groups in total. The molecule has 1 aliphatic heterocycles. The second-order valence-corrected chi connectivity index (χ2v) is 7.87. The maximum atomic E-state index is 13.5. The number of carbonyl (C=O) groups excluding carboxylic acids is 1. The van der Waals surface area contributed by atoms with Gasteiger partial charge in [-0.2, -0.15) is 0 Å². The fraction of sp³-hybridized carbons (Fsp3) is 0.167. The van der Waals surface area contributed by atoms with Crippen LogP contribution < -0.4 is 4.74 Å². The number of amidine groups is 1. The molecule has 6 nitrogen and oxygen atoms in total. The number of hydrogen-bond acceptors (Lipinski definition) is 6. The van der Waals surface area contributed by atoms with Crippen LogP contribution in [0, 0.1) is 5.82 Å². The first-order valence-electron chi connectivity index (χ1n) is 9.86. The van der Waals surface area contributed by atoms with Crippen LogP contribution in [0.3, 0.4) is 0 Å². The van der Waals surface area contributed by atoms with Crippen LogP contribution in [0.1, 0.15) is 5.76 Å². The second kappa shape index (κ2) is 9.84. The third-order valence-corrected chi connectivity index (χ3v) is 5.72. The average molecular weight is 453 g/mol. The lowest BCUT2D eigenvalue weighted by Crippen LogP contribution is -2.32. The van der Waals surface area contributed by atoms with Crippen molar-refractivity contribution in [2.24, 2.45) is 4.99 Å². The molecule has 1 saturated heterocycles. The van der Waals surface area contributed by atoms with Gasteiger partial charge in [-0.05, 0) is 60.3 Å². The Hall–Kier alpha value is -3.36. The van der Waals surface area contributed by atoms with Gasteiger partial charge in [0, 0.05) is 18.7 Å². The van der Waals surface area contributed by atoms with Gasteiger partial charge in [0.15, 0.2) is 5.17 Å². The molecule has 1 aromatic heterocycles. The largest absolute Gasteiger partial charge is 0.497 e. The molecular weight excluding hydrogens is 431 g/mol. The highest BCUT2D eigenvalue weighted by molar-refractivity contribution is 8.18. The zero-order chi connectivity index (χ0) is 22.5. The van der Waals surface area contributed by atoms with E-state index in [-0.39, 0.29) is 11.7 Å². The molecule has 0 unspecified atom stereocenters. The van der Waals surface area contributed by atoms with Crippen LogP contribution in [0.15, 0.2) is 75.0 Å². The Bertz CT molecular complexity index is 1170. The van der Waals surface area contributed by atoms with Crippen molar-refractivity contribution in [3.05, 3.63) is 77.1 Å².